The lowest BCUT2D eigenvalue weighted by Crippen LogP contribution is -2.28. The molecule has 0 spiro atoms. The molecule has 0 radical (unpaired) electrons. The maximum Gasteiger partial charge on any atom is 0.200 e. The van der Waals surface area contributed by atoms with Crippen molar-refractivity contribution in [1.82, 2.24) is 5.32 Å². The summed E-state index contributed by atoms with van der Waals surface area (Å²) >= 11 is 0. The van der Waals surface area contributed by atoms with Crippen LogP contribution in [0.15, 0.2) is 24.3 Å². The molecule has 0 saturated carbocycles. The highest BCUT2D eigenvalue weighted by molar-refractivity contribution is 5.27. The predicted octanol–water partition coefficient (Wildman–Crippen LogP) is 2.54. The summed E-state index contributed by atoms with van der Waals surface area (Å²) in [6.07, 6.45) is -0.211. The Kier molecular flexibility index (Phi) is 3.61. The van der Waals surface area contributed by atoms with Crippen molar-refractivity contribution in [1.29, 1.82) is 0 Å². The summed E-state index contributed by atoms with van der Waals surface area (Å²) in [5, 5.41) is 12.6. The summed E-state index contributed by atoms with van der Waals surface area (Å²) in [6.45, 7) is 8.08. The Labute approximate surface area is 108 Å². The molecule has 0 aliphatic carbocycles. The first-order valence-electron chi connectivity index (χ1n) is 6.23. The number of hydrogen-bond acceptors (Lipinski definition) is 4. The van der Waals surface area contributed by atoms with Gasteiger partial charge in [-0.1, -0.05) is 12.1 Å². The Hall–Kier alpha value is -1.10. The Morgan fingerprint density at radius 1 is 1.28 bits per heavy atom. The summed E-state index contributed by atoms with van der Waals surface area (Å²) in [6, 6.07) is 7.32. The van der Waals surface area contributed by atoms with Gasteiger partial charge in [0.15, 0.2) is 12.5 Å². The molecule has 0 bridgehead atoms. The number of aromatic hydroxyl groups is 1. The van der Waals surface area contributed by atoms with E-state index in [4.69, 9.17) is 9.47 Å². The number of epoxide rings is 1. The molecule has 0 aromatic heterocycles. The molecular formula is C14H21NO3. The second-order valence-electron chi connectivity index (χ2n) is 5.64. The van der Waals surface area contributed by atoms with Crippen molar-refractivity contribution in [3.63, 3.8) is 0 Å². The molecule has 1 aliphatic heterocycles. The van der Waals surface area contributed by atoms with Crippen LogP contribution in [0.1, 0.15) is 39.3 Å². The fourth-order valence-electron chi connectivity index (χ4n) is 1.76. The number of phenols is 1. The monoisotopic (exact) mass is 251 g/mol. The third-order valence-electron chi connectivity index (χ3n) is 2.73. The molecular weight excluding hydrogens is 230 g/mol. The Balaban J connectivity index is 1.83. The second-order valence-corrected chi connectivity index (χ2v) is 5.64. The smallest absolute Gasteiger partial charge is 0.200 e. The quantitative estimate of drug-likeness (QED) is 0.807. The van der Waals surface area contributed by atoms with Crippen LogP contribution >= 0.6 is 0 Å². The molecule has 1 heterocycles. The summed E-state index contributed by atoms with van der Waals surface area (Å²) in [4.78, 5) is 0. The van der Waals surface area contributed by atoms with Gasteiger partial charge in [-0.25, -0.2) is 0 Å². The van der Waals surface area contributed by atoms with Gasteiger partial charge in [0.05, 0.1) is 5.60 Å². The van der Waals surface area contributed by atoms with Gasteiger partial charge in [0, 0.05) is 6.04 Å². The molecule has 1 saturated heterocycles. The maximum absolute atomic E-state index is 9.24. The van der Waals surface area contributed by atoms with Crippen molar-refractivity contribution < 1.29 is 14.6 Å². The van der Waals surface area contributed by atoms with Crippen molar-refractivity contribution in [2.24, 2.45) is 0 Å². The number of benzene rings is 1. The van der Waals surface area contributed by atoms with E-state index >= 15 is 0 Å². The molecule has 3 atom stereocenters. The zero-order valence-corrected chi connectivity index (χ0v) is 11.3. The molecule has 2 rings (SSSR count). The Morgan fingerprint density at radius 2 is 1.89 bits per heavy atom. The van der Waals surface area contributed by atoms with Gasteiger partial charge in [0.25, 0.3) is 0 Å². The van der Waals surface area contributed by atoms with Gasteiger partial charge in [0.1, 0.15) is 5.75 Å². The zero-order valence-electron chi connectivity index (χ0n) is 11.3. The van der Waals surface area contributed by atoms with Crippen molar-refractivity contribution >= 4 is 0 Å². The van der Waals surface area contributed by atoms with Crippen LogP contribution in [0.25, 0.3) is 0 Å². The van der Waals surface area contributed by atoms with E-state index in [1.165, 1.54) is 0 Å². The summed E-state index contributed by atoms with van der Waals surface area (Å²) in [5.74, 6) is 0.280. The maximum atomic E-state index is 9.24. The first-order chi connectivity index (χ1) is 8.35. The normalized spacial score (nSPS) is 24.9. The largest absolute Gasteiger partial charge is 0.508 e. The minimum atomic E-state index is -0.192. The van der Waals surface area contributed by atoms with E-state index in [2.05, 4.69) is 12.2 Å². The van der Waals surface area contributed by atoms with Crippen LogP contribution in [0.3, 0.4) is 0 Å². The SMILES string of the molecule is CC(NC1OC1OC(C)(C)C)c1ccc(O)cc1. The lowest BCUT2D eigenvalue weighted by molar-refractivity contribution is -0.0571. The van der Waals surface area contributed by atoms with E-state index in [-0.39, 0.29) is 29.9 Å². The molecule has 4 nitrogen and oxygen atoms in total. The number of phenolic OH excluding ortho intramolecular Hbond substituents is 1. The highest BCUT2D eigenvalue weighted by atomic mass is 16.8. The summed E-state index contributed by atoms with van der Waals surface area (Å²) in [7, 11) is 0. The highest BCUT2D eigenvalue weighted by Gasteiger charge is 2.43. The van der Waals surface area contributed by atoms with E-state index in [0.29, 0.717) is 0 Å². The summed E-state index contributed by atoms with van der Waals surface area (Å²) in [5.41, 5.74) is 0.917. The Morgan fingerprint density at radius 3 is 2.44 bits per heavy atom. The van der Waals surface area contributed by atoms with E-state index in [9.17, 15) is 5.11 Å². The minimum Gasteiger partial charge on any atom is -0.508 e. The van der Waals surface area contributed by atoms with Gasteiger partial charge in [-0.2, -0.15) is 0 Å². The van der Waals surface area contributed by atoms with E-state index in [1.807, 2.05) is 32.9 Å². The topological polar surface area (TPSA) is 54.0 Å². The lowest BCUT2D eigenvalue weighted by Gasteiger charge is -2.18. The van der Waals surface area contributed by atoms with Crippen LogP contribution in [0.2, 0.25) is 0 Å². The van der Waals surface area contributed by atoms with Crippen molar-refractivity contribution in [2.75, 3.05) is 0 Å². The average molecular weight is 251 g/mol. The van der Waals surface area contributed by atoms with Crippen LogP contribution in [-0.2, 0) is 9.47 Å². The minimum absolute atomic E-state index is 0.0481. The molecule has 2 N–H and O–H groups in total. The second kappa shape index (κ2) is 4.88. The van der Waals surface area contributed by atoms with Crippen molar-refractivity contribution in [3.8, 4) is 5.75 Å². The lowest BCUT2D eigenvalue weighted by atomic mass is 10.1. The standard InChI is InChI=1S/C14H21NO3/c1-9(10-5-7-11(16)8-6-10)15-12-13(17-12)18-14(2,3)4/h5-9,12-13,15-16H,1-4H3. The molecule has 0 amide bonds. The highest BCUT2D eigenvalue weighted by Crippen LogP contribution is 2.28. The van der Waals surface area contributed by atoms with Crippen LogP contribution in [-0.4, -0.2) is 23.2 Å². The fraction of sp³-hybridized carbons (Fsp3) is 0.571. The van der Waals surface area contributed by atoms with E-state index in [1.54, 1.807) is 12.1 Å². The van der Waals surface area contributed by atoms with Gasteiger partial charge in [-0.3, -0.25) is 5.32 Å². The molecule has 1 fully saturated rings. The average Bonchev–Trinajstić information content (AvgIpc) is 2.94. The number of nitrogens with one attached hydrogen (secondary N) is 1. The van der Waals surface area contributed by atoms with Crippen molar-refractivity contribution in [2.45, 2.75) is 51.9 Å². The van der Waals surface area contributed by atoms with Gasteiger partial charge in [0.2, 0.25) is 0 Å². The predicted molar refractivity (Wildman–Crippen MR) is 69.2 cm³/mol. The first-order valence-corrected chi connectivity index (χ1v) is 6.23. The van der Waals surface area contributed by atoms with Crippen LogP contribution in [0, 0.1) is 0 Å². The summed E-state index contributed by atoms with van der Waals surface area (Å²) < 4.78 is 11.1. The molecule has 100 valence electrons. The fourth-order valence-corrected chi connectivity index (χ4v) is 1.76. The van der Waals surface area contributed by atoms with Crippen LogP contribution < -0.4 is 5.32 Å². The number of hydrogen-bond donors (Lipinski definition) is 2. The molecule has 1 aliphatic rings. The van der Waals surface area contributed by atoms with Crippen molar-refractivity contribution in [3.05, 3.63) is 29.8 Å². The van der Waals surface area contributed by atoms with E-state index in [0.717, 1.165) is 5.56 Å². The third-order valence-corrected chi connectivity index (χ3v) is 2.73. The molecule has 4 heteroatoms. The molecule has 3 unspecified atom stereocenters. The van der Waals surface area contributed by atoms with Gasteiger partial charge in [-0.15, -0.1) is 0 Å². The van der Waals surface area contributed by atoms with Crippen LogP contribution in [0.5, 0.6) is 5.75 Å². The van der Waals surface area contributed by atoms with E-state index < -0.39 is 0 Å². The number of ether oxygens (including phenoxy) is 2. The zero-order chi connectivity index (χ0) is 13.3. The van der Waals surface area contributed by atoms with Crippen LogP contribution in [0.4, 0.5) is 0 Å². The molecule has 1 aromatic carbocycles. The van der Waals surface area contributed by atoms with Gasteiger partial charge in [-0.05, 0) is 45.4 Å². The molecule has 18 heavy (non-hydrogen) atoms. The molecule has 1 aromatic rings. The first kappa shape index (κ1) is 13.3. The third kappa shape index (κ3) is 3.70. The Bertz CT molecular complexity index is 396. The van der Waals surface area contributed by atoms with Gasteiger partial charge >= 0.3 is 0 Å². The van der Waals surface area contributed by atoms with Gasteiger partial charge < -0.3 is 14.6 Å². The number of rotatable bonds is 4.